The molecule has 0 aromatic heterocycles. The van der Waals surface area contributed by atoms with Crippen LogP contribution in [-0.2, 0) is 16.1 Å². The molecule has 1 aromatic carbocycles. The van der Waals surface area contributed by atoms with Crippen molar-refractivity contribution in [1.29, 1.82) is 0 Å². The van der Waals surface area contributed by atoms with E-state index in [9.17, 15) is 9.59 Å². The van der Waals surface area contributed by atoms with Crippen molar-refractivity contribution in [3.63, 3.8) is 0 Å². The Hall–Kier alpha value is -1.92. The van der Waals surface area contributed by atoms with Gasteiger partial charge < -0.3 is 16.8 Å². The lowest BCUT2D eigenvalue weighted by Gasteiger charge is -2.26. The molecule has 5 N–H and O–H groups in total. The van der Waals surface area contributed by atoms with Gasteiger partial charge in [-0.15, -0.1) is 0 Å². The van der Waals surface area contributed by atoms with Gasteiger partial charge >= 0.3 is 0 Å². The highest BCUT2D eigenvalue weighted by Gasteiger charge is 2.29. The number of rotatable bonds is 5. The molecular formula is C18H28N4O2. The van der Waals surface area contributed by atoms with Gasteiger partial charge in [-0.3, -0.25) is 14.5 Å². The zero-order chi connectivity index (χ0) is 17.9. The monoisotopic (exact) mass is 332 g/mol. The number of hydrogen-bond donors (Lipinski definition) is 3. The molecule has 1 aliphatic heterocycles. The SMILES string of the molecule is CC(C)(C)[C@H](N)C(=O)Nc1cccc(CN2CCCC2C(N)=O)c1. The number of nitrogens with one attached hydrogen (secondary N) is 1. The van der Waals surface area contributed by atoms with Gasteiger partial charge in [0.1, 0.15) is 0 Å². The fourth-order valence-electron chi connectivity index (χ4n) is 2.93. The van der Waals surface area contributed by atoms with E-state index >= 15 is 0 Å². The summed E-state index contributed by atoms with van der Waals surface area (Å²) in [5.41, 5.74) is 12.9. The van der Waals surface area contributed by atoms with E-state index in [4.69, 9.17) is 11.5 Å². The second-order valence-electron chi connectivity index (χ2n) is 7.56. The van der Waals surface area contributed by atoms with Crippen molar-refractivity contribution in [1.82, 2.24) is 4.90 Å². The van der Waals surface area contributed by atoms with Crippen molar-refractivity contribution < 1.29 is 9.59 Å². The molecule has 6 nitrogen and oxygen atoms in total. The number of anilines is 1. The summed E-state index contributed by atoms with van der Waals surface area (Å²) in [6.45, 7) is 7.31. The second-order valence-corrected chi connectivity index (χ2v) is 7.56. The number of nitrogens with zero attached hydrogens (tertiary/aromatic N) is 1. The molecule has 0 bridgehead atoms. The minimum atomic E-state index is -0.584. The van der Waals surface area contributed by atoms with E-state index in [1.165, 1.54) is 0 Å². The fourth-order valence-corrected chi connectivity index (χ4v) is 2.93. The number of likely N-dealkylation sites (tertiary alicyclic amines) is 1. The van der Waals surface area contributed by atoms with Crippen molar-refractivity contribution in [3.05, 3.63) is 29.8 Å². The molecule has 2 rings (SSSR count). The van der Waals surface area contributed by atoms with Crippen LogP contribution in [0.3, 0.4) is 0 Å². The summed E-state index contributed by atoms with van der Waals surface area (Å²) in [5, 5.41) is 2.87. The fraction of sp³-hybridized carbons (Fsp3) is 0.556. The van der Waals surface area contributed by atoms with E-state index < -0.39 is 6.04 Å². The smallest absolute Gasteiger partial charge is 0.241 e. The third-order valence-electron chi connectivity index (χ3n) is 4.49. The highest BCUT2D eigenvalue weighted by atomic mass is 16.2. The summed E-state index contributed by atoms with van der Waals surface area (Å²) in [5.74, 6) is -0.469. The molecule has 24 heavy (non-hydrogen) atoms. The molecule has 1 heterocycles. The Kier molecular flexibility index (Phi) is 5.62. The normalized spacial score (nSPS) is 19.9. The maximum Gasteiger partial charge on any atom is 0.241 e. The summed E-state index contributed by atoms with van der Waals surface area (Å²) >= 11 is 0. The largest absolute Gasteiger partial charge is 0.368 e. The Morgan fingerprint density at radius 1 is 1.38 bits per heavy atom. The second kappa shape index (κ2) is 7.32. The van der Waals surface area contributed by atoms with Gasteiger partial charge in [-0.25, -0.2) is 0 Å². The Bertz CT molecular complexity index is 609. The van der Waals surface area contributed by atoms with Crippen LogP contribution in [0.1, 0.15) is 39.2 Å². The molecule has 2 amide bonds. The van der Waals surface area contributed by atoms with E-state index in [1.54, 1.807) is 0 Å². The number of carbonyl (C=O) groups is 2. The minimum absolute atomic E-state index is 0.197. The van der Waals surface area contributed by atoms with E-state index in [-0.39, 0.29) is 23.3 Å². The van der Waals surface area contributed by atoms with Gasteiger partial charge in [0.15, 0.2) is 0 Å². The first-order valence-electron chi connectivity index (χ1n) is 8.37. The number of amides is 2. The lowest BCUT2D eigenvalue weighted by Crippen LogP contribution is -2.45. The number of benzene rings is 1. The summed E-state index contributed by atoms with van der Waals surface area (Å²) in [7, 11) is 0. The van der Waals surface area contributed by atoms with Crippen LogP contribution < -0.4 is 16.8 Å². The van der Waals surface area contributed by atoms with Crippen molar-refractivity contribution in [2.75, 3.05) is 11.9 Å². The first kappa shape index (κ1) is 18.4. The third-order valence-corrected chi connectivity index (χ3v) is 4.49. The standard InChI is InChI=1S/C18H28N4O2/c1-18(2,3)15(19)17(24)21-13-7-4-6-12(10-13)11-22-9-5-8-14(22)16(20)23/h4,6-7,10,14-15H,5,8-9,11,19H2,1-3H3,(H2,20,23)(H,21,24)/t14?,15-/m1/s1. The first-order valence-corrected chi connectivity index (χ1v) is 8.37. The predicted octanol–water partition coefficient (Wildman–Crippen LogP) is 1.45. The molecule has 1 saturated heterocycles. The molecule has 0 radical (unpaired) electrons. The molecule has 1 aromatic rings. The molecule has 1 aliphatic rings. The van der Waals surface area contributed by atoms with Crippen molar-refractivity contribution in [3.8, 4) is 0 Å². The van der Waals surface area contributed by atoms with Gasteiger partial charge in [-0.2, -0.15) is 0 Å². The Balaban J connectivity index is 2.04. The molecule has 0 aliphatic carbocycles. The van der Waals surface area contributed by atoms with E-state index in [0.717, 1.165) is 24.9 Å². The van der Waals surface area contributed by atoms with Gasteiger partial charge in [0.05, 0.1) is 12.1 Å². The van der Waals surface area contributed by atoms with Crippen LogP contribution in [0, 0.1) is 5.41 Å². The van der Waals surface area contributed by atoms with Crippen molar-refractivity contribution in [2.24, 2.45) is 16.9 Å². The van der Waals surface area contributed by atoms with Crippen LogP contribution in [0.15, 0.2) is 24.3 Å². The zero-order valence-corrected chi connectivity index (χ0v) is 14.7. The van der Waals surface area contributed by atoms with E-state index in [2.05, 4.69) is 10.2 Å². The predicted molar refractivity (Wildman–Crippen MR) is 95.1 cm³/mol. The molecule has 1 fully saturated rings. The van der Waals surface area contributed by atoms with Crippen LogP contribution >= 0.6 is 0 Å². The summed E-state index contributed by atoms with van der Waals surface area (Å²) in [4.78, 5) is 25.8. The van der Waals surface area contributed by atoms with E-state index in [0.29, 0.717) is 12.2 Å². The van der Waals surface area contributed by atoms with Crippen molar-refractivity contribution in [2.45, 2.75) is 52.2 Å². The maximum absolute atomic E-state index is 12.2. The van der Waals surface area contributed by atoms with Crippen molar-refractivity contribution >= 4 is 17.5 Å². The average Bonchev–Trinajstić information content (AvgIpc) is 2.94. The van der Waals surface area contributed by atoms with E-state index in [1.807, 2.05) is 45.0 Å². The highest BCUT2D eigenvalue weighted by Crippen LogP contribution is 2.22. The molecular weight excluding hydrogens is 304 g/mol. The number of carbonyl (C=O) groups excluding carboxylic acids is 2. The third kappa shape index (κ3) is 4.55. The quantitative estimate of drug-likeness (QED) is 0.759. The summed E-state index contributed by atoms with van der Waals surface area (Å²) in [6.07, 6.45) is 1.79. The van der Waals surface area contributed by atoms with Gasteiger partial charge in [0, 0.05) is 12.2 Å². The molecule has 1 unspecified atom stereocenters. The Morgan fingerprint density at radius 2 is 2.08 bits per heavy atom. The molecule has 0 spiro atoms. The first-order chi connectivity index (χ1) is 11.2. The van der Waals surface area contributed by atoms with Gasteiger partial charge in [0.2, 0.25) is 11.8 Å². The lowest BCUT2D eigenvalue weighted by molar-refractivity contribution is -0.122. The van der Waals surface area contributed by atoms with Gasteiger partial charge in [-0.05, 0) is 42.5 Å². The van der Waals surface area contributed by atoms with Crippen LogP contribution in [-0.4, -0.2) is 35.3 Å². The molecule has 0 saturated carbocycles. The Morgan fingerprint density at radius 3 is 2.71 bits per heavy atom. The van der Waals surface area contributed by atoms with Gasteiger partial charge in [-0.1, -0.05) is 32.9 Å². The summed E-state index contributed by atoms with van der Waals surface area (Å²) < 4.78 is 0. The topological polar surface area (TPSA) is 101 Å². The highest BCUT2D eigenvalue weighted by molar-refractivity contribution is 5.95. The minimum Gasteiger partial charge on any atom is -0.368 e. The molecule has 6 heteroatoms. The number of nitrogens with two attached hydrogens (primary N) is 2. The average molecular weight is 332 g/mol. The zero-order valence-electron chi connectivity index (χ0n) is 14.7. The Labute approximate surface area is 143 Å². The maximum atomic E-state index is 12.2. The van der Waals surface area contributed by atoms with Crippen LogP contribution in [0.4, 0.5) is 5.69 Å². The van der Waals surface area contributed by atoms with Crippen LogP contribution in [0.2, 0.25) is 0 Å². The van der Waals surface area contributed by atoms with Crippen LogP contribution in [0.25, 0.3) is 0 Å². The summed E-state index contributed by atoms with van der Waals surface area (Å²) in [6, 6.07) is 6.85. The number of hydrogen-bond acceptors (Lipinski definition) is 4. The molecule has 132 valence electrons. The van der Waals surface area contributed by atoms with Crippen LogP contribution in [0.5, 0.6) is 0 Å². The lowest BCUT2D eigenvalue weighted by atomic mass is 9.87. The number of primary amides is 1. The van der Waals surface area contributed by atoms with Gasteiger partial charge in [0.25, 0.3) is 0 Å². The molecule has 2 atom stereocenters.